The van der Waals surface area contributed by atoms with E-state index in [1.165, 1.54) is 103 Å². The lowest BCUT2D eigenvalue weighted by molar-refractivity contribution is -1.07. The van der Waals surface area contributed by atoms with Crippen molar-refractivity contribution in [2.24, 2.45) is 0 Å². The molecule has 0 aromatic rings. The van der Waals surface area contributed by atoms with Crippen LogP contribution >= 0.6 is 7.60 Å². The van der Waals surface area contributed by atoms with Crippen LogP contribution in [0.1, 0.15) is 174 Å². The van der Waals surface area contributed by atoms with Gasteiger partial charge in [-0.05, 0) is 12.8 Å². The van der Waals surface area contributed by atoms with E-state index in [4.69, 9.17) is 14.0 Å². The summed E-state index contributed by atoms with van der Waals surface area (Å²) in [6.45, 7) is 4.22. The zero-order chi connectivity index (χ0) is 34.4. The summed E-state index contributed by atoms with van der Waals surface area (Å²) in [7, 11) is -0.801. The topological polar surface area (TPSA) is 119 Å². The van der Waals surface area contributed by atoms with Gasteiger partial charge in [0.1, 0.15) is 13.2 Å². The van der Waals surface area contributed by atoms with Gasteiger partial charge in [-0.2, -0.15) is 4.65 Å². The Morgan fingerprint density at radius 3 is 1.41 bits per heavy atom. The minimum absolute atomic E-state index is 0.132. The fourth-order valence-electron chi connectivity index (χ4n) is 5.41. The molecule has 0 radical (unpaired) electrons. The van der Waals surface area contributed by atoms with Crippen LogP contribution in [0, 0.1) is 0 Å². The van der Waals surface area contributed by atoms with Gasteiger partial charge < -0.3 is 18.9 Å². The first-order valence-corrected chi connectivity index (χ1v) is 20.6. The average Bonchev–Trinajstić information content (AvgIpc) is 2.99. The van der Waals surface area contributed by atoms with E-state index in [1.54, 1.807) is 14.1 Å². The van der Waals surface area contributed by atoms with Crippen molar-refractivity contribution in [3.63, 3.8) is 0 Å². The van der Waals surface area contributed by atoms with Crippen molar-refractivity contribution in [1.82, 2.24) is 0 Å². The summed E-state index contributed by atoms with van der Waals surface area (Å²) >= 11 is 0. The van der Waals surface area contributed by atoms with Gasteiger partial charge in [-0.3, -0.25) is 14.2 Å². The zero-order valence-electron chi connectivity index (χ0n) is 30.3. The second kappa shape index (κ2) is 30.1. The molecule has 0 aliphatic heterocycles. The number of nitrogens with zero attached hydrogens (tertiary/aromatic N) is 1. The van der Waals surface area contributed by atoms with Gasteiger partial charge in [-0.1, -0.05) is 142 Å². The average molecular weight is 679 g/mol. The first kappa shape index (κ1) is 45.0. The molecule has 46 heavy (non-hydrogen) atoms. The Labute approximate surface area is 282 Å². The van der Waals surface area contributed by atoms with E-state index in [9.17, 15) is 24.3 Å². The predicted molar refractivity (Wildman–Crippen MR) is 187 cm³/mol. The summed E-state index contributed by atoms with van der Waals surface area (Å²) in [5, 5.41) is 9.81. The Bertz CT molecular complexity index is 774. The zero-order valence-corrected chi connectivity index (χ0v) is 31.2. The first-order chi connectivity index (χ1) is 22.0. The quantitative estimate of drug-likeness (QED) is 0.0227. The lowest BCUT2D eigenvalue weighted by Crippen LogP contribution is -2.36. The summed E-state index contributed by atoms with van der Waals surface area (Å²) in [5.74, 6) is -0.782. The van der Waals surface area contributed by atoms with Crippen molar-refractivity contribution in [3.05, 3.63) is 0 Å². The highest BCUT2D eigenvalue weighted by molar-refractivity contribution is 7.52. The molecular weight excluding hydrogens is 605 g/mol. The van der Waals surface area contributed by atoms with Crippen molar-refractivity contribution in [3.8, 4) is 0 Å². The molecular formula is C36H73NO8P+. The minimum Gasteiger partial charge on any atom is -0.462 e. The highest BCUT2D eigenvalue weighted by atomic mass is 31.2. The smallest absolute Gasteiger partial charge is 0.328 e. The summed E-state index contributed by atoms with van der Waals surface area (Å²) in [6.07, 6.45) is 25.9. The molecule has 2 N–H and O–H groups in total. The third-order valence-electron chi connectivity index (χ3n) is 8.31. The summed E-state index contributed by atoms with van der Waals surface area (Å²) < 4.78 is 28.4. The predicted octanol–water partition coefficient (Wildman–Crippen LogP) is 9.90. The lowest BCUT2D eigenvalue weighted by Gasteiger charge is -2.22. The van der Waals surface area contributed by atoms with Crippen molar-refractivity contribution in [1.29, 1.82) is 0 Å². The number of rotatable bonds is 34. The van der Waals surface area contributed by atoms with E-state index in [1.807, 2.05) is 0 Å². The van der Waals surface area contributed by atoms with Crippen LogP contribution in [0.15, 0.2) is 0 Å². The summed E-state index contributed by atoms with van der Waals surface area (Å²) in [6, 6.07) is 0. The molecule has 0 aliphatic carbocycles. The maximum absolute atomic E-state index is 12.6. The number of hydrogen-bond donors (Lipinski definition) is 2. The van der Waals surface area contributed by atoms with E-state index >= 15 is 0 Å². The molecule has 9 nitrogen and oxygen atoms in total. The number of carbonyl (C=O) groups excluding carboxylic acids is 2. The molecule has 2 unspecified atom stereocenters. The van der Waals surface area contributed by atoms with E-state index in [2.05, 4.69) is 13.8 Å². The summed E-state index contributed by atoms with van der Waals surface area (Å²) in [5.41, 5.74) is 0. The van der Waals surface area contributed by atoms with Gasteiger partial charge in [0.25, 0.3) is 0 Å². The van der Waals surface area contributed by atoms with Crippen LogP contribution in [0.3, 0.4) is 0 Å². The normalized spacial score (nSPS) is 13.8. The Hall–Kier alpha value is -0.990. The van der Waals surface area contributed by atoms with Crippen molar-refractivity contribution in [2.45, 2.75) is 180 Å². The van der Waals surface area contributed by atoms with Crippen LogP contribution in [0.25, 0.3) is 0 Å². The summed E-state index contributed by atoms with van der Waals surface area (Å²) in [4.78, 5) is 35.2. The standard InChI is InChI=1S/C36H72NO8P/c1-5-7-9-11-13-15-17-19-21-23-25-28-35(38)43-32-34(33-44-46(41,42)31-27-30-37(3,4)40)45-36(39)29-26-24-22-20-18-16-14-12-10-8-6-2/h34,40H,5-33H2,1-4H3/p+1. The van der Waals surface area contributed by atoms with Gasteiger partial charge >= 0.3 is 19.5 Å². The fourth-order valence-corrected chi connectivity index (χ4v) is 6.48. The van der Waals surface area contributed by atoms with Crippen LogP contribution in [0.4, 0.5) is 0 Å². The maximum Gasteiger partial charge on any atom is 0.328 e. The van der Waals surface area contributed by atoms with Crippen LogP contribution in [0.2, 0.25) is 0 Å². The van der Waals surface area contributed by atoms with Gasteiger partial charge in [0.2, 0.25) is 0 Å². The van der Waals surface area contributed by atoms with E-state index in [0.29, 0.717) is 13.0 Å². The molecule has 0 saturated heterocycles. The lowest BCUT2D eigenvalue weighted by atomic mass is 10.1. The minimum atomic E-state index is -3.97. The molecule has 0 rings (SSSR count). The molecule has 0 bridgehead atoms. The van der Waals surface area contributed by atoms with Gasteiger partial charge in [0.05, 0.1) is 26.9 Å². The third kappa shape index (κ3) is 32.9. The van der Waals surface area contributed by atoms with Crippen molar-refractivity contribution >= 4 is 19.5 Å². The molecule has 0 aromatic heterocycles. The molecule has 0 saturated carbocycles. The second-order valence-electron chi connectivity index (χ2n) is 13.7. The maximum atomic E-state index is 12.6. The van der Waals surface area contributed by atoms with E-state index in [-0.39, 0.29) is 42.8 Å². The van der Waals surface area contributed by atoms with Crippen LogP contribution in [-0.4, -0.2) is 72.8 Å². The number of carbonyl (C=O) groups is 2. The van der Waals surface area contributed by atoms with E-state index < -0.39 is 19.7 Å². The van der Waals surface area contributed by atoms with Crippen LogP contribution in [-0.2, 0) is 28.2 Å². The van der Waals surface area contributed by atoms with Gasteiger partial charge in [0.15, 0.2) is 6.10 Å². The number of ether oxygens (including phenoxy) is 2. The highest BCUT2D eigenvalue weighted by Gasteiger charge is 2.26. The highest BCUT2D eigenvalue weighted by Crippen LogP contribution is 2.42. The molecule has 0 aliphatic rings. The number of hydroxylamine groups is 3. The van der Waals surface area contributed by atoms with Gasteiger partial charge in [0, 0.05) is 19.3 Å². The second-order valence-corrected chi connectivity index (χ2v) is 15.7. The molecule has 10 heteroatoms. The Kier molecular flexibility index (Phi) is 29.4. The molecule has 0 aromatic carbocycles. The Balaban J connectivity index is 4.44. The van der Waals surface area contributed by atoms with Gasteiger partial charge in [-0.15, -0.1) is 0 Å². The molecule has 0 fully saturated rings. The number of esters is 2. The molecule has 0 spiro atoms. The van der Waals surface area contributed by atoms with Crippen molar-refractivity contribution < 1.29 is 42.9 Å². The molecule has 0 amide bonds. The Morgan fingerprint density at radius 1 is 0.609 bits per heavy atom. The monoisotopic (exact) mass is 679 g/mol. The van der Waals surface area contributed by atoms with Gasteiger partial charge in [-0.25, -0.2) is 5.21 Å². The third-order valence-corrected chi connectivity index (χ3v) is 9.74. The first-order valence-electron chi connectivity index (χ1n) is 18.9. The largest absolute Gasteiger partial charge is 0.462 e. The van der Waals surface area contributed by atoms with Crippen LogP contribution in [0.5, 0.6) is 0 Å². The number of quaternary nitrogens is 1. The van der Waals surface area contributed by atoms with Crippen molar-refractivity contribution in [2.75, 3.05) is 40.0 Å². The molecule has 274 valence electrons. The van der Waals surface area contributed by atoms with E-state index in [0.717, 1.165) is 38.5 Å². The number of unbranched alkanes of at least 4 members (excludes halogenated alkanes) is 20. The SMILES string of the molecule is CCCCCCCCCCCCCC(=O)OCC(COP(=O)(O)CCC[N+](C)(C)O)OC(=O)CCCCCCCCCCCCC. The fraction of sp³-hybridized carbons (Fsp3) is 0.944. The molecule has 2 atom stereocenters. The molecule has 0 heterocycles. The number of hydrogen-bond acceptors (Lipinski definition) is 7. The van der Waals surface area contributed by atoms with Crippen LogP contribution < -0.4 is 0 Å². The Morgan fingerprint density at radius 2 is 1.00 bits per heavy atom.